The van der Waals surface area contributed by atoms with Gasteiger partial charge in [-0.15, -0.1) is 13.2 Å². The van der Waals surface area contributed by atoms with Crippen LogP contribution in [0.3, 0.4) is 0 Å². The number of anilines is 2. The van der Waals surface area contributed by atoms with Gasteiger partial charge >= 0.3 is 12.3 Å². The fourth-order valence-electron chi connectivity index (χ4n) is 4.16. The Morgan fingerprint density at radius 1 is 1.00 bits per heavy atom. The normalized spacial score (nSPS) is 16.9. The summed E-state index contributed by atoms with van der Waals surface area (Å²) >= 11 is 0. The minimum absolute atomic E-state index is 0.0540. The topological polar surface area (TPSA) is 79.4 Å². The van der Waals surface area contributed by atoms with Crippen LogP contribution in [-0.4, -0.2) is 71.4 Å². The molecule has 184 valence electrons. The number of sulfonamides is 1. The number of carbonyl (C=O) groups excluding carboxylic acids is 1. The standard InChI is InChI=1S/C22H24F3N3O5S/c1-32-21(29)15-27-9-8-16-2-7-19(14-20(16)27)34(30,31)28-12-10-26(11-13-28)17-3-5-18(6-4-17)33-22(23,24)25/h2-7,14H,8-13,15H2,1H3. The van der Waals surface area contributed by atoms with E-state index in [9.17, 15) is 26.4 Å². The molecule has 0 saturated carbocycles. The number of carbonyl (C=O) groups is 1. The van der Waals surface area contributed by atoms with Crippen LogP contribution in [0.2, 0.25) is 0 Å². The highest BCUT2D eigenvalue weighted by molar-refractivity contribution is 7.89. The lowest BCUT2D eigenvalue weighted by Gasteiger charge is -2.35. The highest BCUT2D eigenvalue weighted by Gasteiger charge is 2.32. The van der Waals surface area contributed by atoms with Crippen molar-refractivity contribution in [1.82, 2.24) is 4.31 Å². The Balaban J connectivity index is 1.42. The monoisotopic (exact) mass is 499 g/mol. The van der Waals surface area contributed by atoms with Crippen molar-refractivity contribution in [3.63, 3.8) is 0 Å². The first kappa shape index (κ1) is 24.1. The molecule has 1 saturated heterocycles. The van der Waals surface area contributed by atoms with Gasteiger partial charge in [-0.1, -0.05) is 6.07 Å². The quantitative estimate of drug-likeness (QED) is 0.566. The van der Waals surface area contributed by atoms with Crippen molar-refractivity contribution in [2.45, 2.75) is 17.7 Å². The number of hydrogen-bond donors (Lipinski definition) is 0. The Bertz CT molecular complexity index is 1150. The summed E-state index contributed by atoms with van der Waals surface area (Å²) in [6, 6.07) is 10.5. The average Bonchev–Trinajstić information content (AvgIpc) is 3.20. The number of halogens is 3. The number of rotatable bonds is 6. The maximum atomic E-state index is 13.3. The minimum atomic E-state index is -4.75. The molecule has 4 rings (SSSR count). The van der Waals surface area contributed by atoms with Crippen LogP contribution in [0.4, 0.5) is 24.5 Å². The highest BCUT2D eigenvalue weighted by Crippen LogP contribution is 2.32. The molecular weight excluding hydrogens is 475 g/mol. The SMILES string of the molecule is COC(=O)CN1CCc2ccc(S(=O)(=O)N3CCN(c4ccc(OC(F)(F)F)cc4)CC3)cc21. The Labute approximate surface area is 195 Å². The van der Waals surface area contributed by atoms with E-state index >= 15 is 0 Å². The third-order valence-electron chi connectivity index (χ3n) is 5.91. The number of benzene rings is 2. The summed E-state index contributed by atoms with van der Waals surface area (Å²) in [5.74, 6) is -0.703. The lowest BCUT2D eigenvalue weighted by Crippen LogP contribution is -2.48. The van der Waals surface area contributed by atoms with Crippen molar-refractivity contribution in [3.05, 3.63) is 48.0 Å². The molecule has 2 aromatic rings. The van der Waals surface area contributed by atoms with Crippen LogP contribution in [0, 0.1) is 0 Å². The fraction of sp³-hybridized carbons (Fsp3) is 0.409. The van der Waals surface area contributed by atoms with Crippen LogP contribution in [0.1, 0.15) is 5.56 Å². The van der Waals surface area contributed by atoms with Gasteiger partial charge in [0.05, 0.1) is 12.0 Å². The zero-order valence-corrected chi connectivity index (χ0v) is 19.2. The van der Waals surface area contributed by atoms with E-state index in [-0.39, 0.29) is 30.3 Å². The van der Waals surface area contributed by atoms with Crippen molar-refractivity contribution in [3.8, 4) is 5.75 Å². The van der Waals surface area contributed by atoms with Crippen LogP contribution >= 0.6 is 0 Å². The molecule has 34 heavy (non-hydrogen) atoms. The number of alkyl halides is 3. The molecule has 0 bridgehead atoms. The van der Waals surface area contributed by atoms with E-state index in [1.165, 1.54) is 35.7 Å². The number of esters is 1. The van der Waals surface area contributed by atoms with Crippen LogP contribution in [-0.2, 0) is 26.0 Å². The molecule has 8 nitrogen and oxygen atoms in total. The van der Waals surface area contributed by atoms with Gasteiger partial charge in [0.15, 0.2) is 0 Å². The Kier molecular flexibility index (Phi) is 6.63. The van der Waals surface area contributed by atoms with Crippen molar-refractivity contribution in [2.75, 3.05) is 56.2 Å². The zero-order valence-electron chi connectivity index (χ0n) is 18.4. The molecule has 2 heterocycles. The number of hydrogen-bond acceptors (Lipinski definition) is 7. The van der Waals surface area contributed by atoms with Crippen molar-refractivity contribution in [1.29, 1.82) is 0 Å². The van der Waals surface area contributed by atoms with Gasteiger partial charge in [0, 0.05) is 44.1 Å². The second-order valence-electron chi connectivity index (χ2n) is 7.97. The van der Waals surface area contributed by atoms with Gasteiger partial charge in [0.1, 0.15) is 12.3 Å². The number of ether oxygens (including phenoxy) is 2. The van der Waals surface area contributed by atoms with E-state index in [0.717, 1.165) is 12.0 Å². The first-order valence-electron chi connectivity index (χ1n) is 10.6. The predicted octanol–water partition coefficient (Wildman–Crippen LogP) is 2.63. The number of nitrogens with zero attached hydrogens (tertiary/aromatic N) is 3. The molecule has 2 aliphatic rings. The maximum absolute atomic E-state index is 13.3. The molecule has 0 spiro atoms. The third-order valence-corrected chi connectivity index (χ3v) is 7.80. The van der Waals surface area contributed by atoms with E-state index in [4.69, 9.17) is 4.74 Å². The fourth-order valence-corrected chi connectivity index (χ4v) is 5.61. The molecule has 0 aliphatic carbocycles. The van der Waals surface area contributed by atoms with Gasteiger partial charge < -0.3 is 19.3 Å². The Morgan fingerprint density at radius 2 is 1.68 bits per heavy atom. The second-order valence-corrected chi connectivity index (χ2v) is 9.91. The van der Waals surface area contributed by atoms with E-state index < -0.39 is 22.4 Å². The summed E-state index contributed by atoms with van der Waals surface area (Å²) in [6.07, 6.45) is -4.03. The van der Waals surface area contributed by atoms with Crippen molar-refractivity contribution in [2.24, 2.45) is 0 Å². The van der Waals surface area contributed by atoms with Crippen LogP contribution in [0.25, 0.3) is 0 Å². The molecule has 12 heteroatoms. The smallest absolute Gasteiger partial charge is 0.468 e. The molecule has 0 amide bonds. The molecular formula is C22H24F3N3O5S. The molecule has 0 atom stereocenters. The van der Waals surface area contributed by atoms with Gasteiger partial charge in [-0.2, -0.15) is 4.31 Å². The molecule has 0 N–H and O–H groups in total. The maximum Gasteiger partial charge on any atom is 0.573 e. The Hall–Kier alpha value is -2.99. The lowest BCUT2D eigenvalue weighted by atomic mass is 10.2. The van der Waals surface area contributed by atoms with Gasteiger partial charge in [0.25, 0.3) is 0 Å². The molecule has 0 unspecified atom stereocenters. The molecule has 0 aromatic heterocycles. The van der Waals surface area contributed by atoms with Crippen LogP contribution < -0.4 is 14.5 Å². The second kappa shape index (κ2) is 9.34. The number of piperazine rings is 1. The van der Waals surface area contributed by atoms with E-state index in [1.54, 1.807) is 18.2 Å². The zero-order chi connectivity index (χ0) is 24.5. The molecule has 0 radical (unpaired) electrons. The van der Waals surface area contributed by atoms with Gasteiger partial charge in [0.2, 0.25) is 10.0 Å². The Morgan fingerprint density at radius 3 is 2.29 bits per heavy atom. The molecule has 2 aliphatic heterocycles. The van der Waals surface area contributed by atoms with Crippen LogP contribution in [0.15, 0.2) is 47.4 Å². The molecule has 1 fully saturated rings. The average molecular weight is 500 g/mol. The largest absolute Gasteiger partial charge is 0.573 e. The summed E-state index contributed by atoms with van der Waals surface area (Å²) in [7, 11) is -2.44. The number of fused-ring (bicyclic) bond motifs is 1. The number of methoxy groups -OCH3 is 1. The van der Waals surface area contributed by atoms with Gasteiger partial charge in [-0.05, 0) is 48.4 Å². The summed E-state index contributed by atoms with van der Waals surface area (Å²) in [5, 5.41) is 0. The van der Waals surface area contributed by atoms with Gasteiger partial charge in [-0.25, -0.2) is 8.42 Å². The van der Waals surface area contributed by atoms with Crippen molar-refractivity contribution < 1.29 is 35.9 Å². The third kappa shape index (κ3) is 5.22. The summed E-state index contributed by atoms with van der Waals surface area (Å²) < 4.78 is 73.6. The lowest BCUT2D eigenvalue weighted by molar-refractivity contribution is -0.274. The minimum Gasteiger partial charge on any atom is -0.468 e. The van der Waals surface area contributed by atoms with Crippen LogP contribution in [0.5, 0.6) is 5.75 Å². The van der Waals surface area contributed by atoms with E-state index in [1.807, 2.05) is 9.80 Å². The first-order valence-corrected chi connectivity index (χ1v) is 12.1. The summed E-state index contributed by atoms with van der Waals surface area (Å²) in [5.41, 5.74) is 2.37. The predicted molar refractivity (Wildman–Crippen MR) is 118 cm³/mol. The van der Waals surface area contributed by atoms with Crippen molar-refractivity contribution >= 4 is 27.4 Å². The summed E-state index contributed by atoms with van der Waals surface area (Å²) in [6.45, 7) is 1.90. The van der Waals surface area contributed by atoms with Gasteiger partial charge in [-0.3, -0.25) is 4.79 Å². The summed E-state index contributed by atoms with van der Waals surface area (Å²) in [4.78, 5) is 15.6. The first-order chi connectivity index (χ1) is 16.1. The molecule has 2 aromatic carbocycles. The van der Waals surface area contributed by atoms with E-state index in [0.29, 0.717) is 31.0 Å². The highest BCUT2D eigenvalue weighted by atomic mass is 32.2. The van der Waals surface area contributed by atoms with E-state index in [2.05, 4.69) is 4.74 Å².